The summed E-state index contributed by atoms with van der Waals surface area (Å²) < 4.78 is 5.64. The molecule has 1 aliphatic heterocycles. The Morgan fingerprint density at radius 3 is 2.37 bits per heavy atom. The van der Waals surface area contributed by atoms with Crippen LogP contribution in [0.1, 0.15) is 40.9 Å². The van der Waals surface area contributed by atoms with E-state index in [9.17, 15) is 4.79 Å². The average molecular weight is 401 g/mol. The summed E-state index contributed by atoms with van der Waals surface area (Å²) in [5.41, 5.74) is 5.52. The number of benzene rings is 3. The molecular weight excluding hydrogens is 372 g/mol. The van der Waals surface area contributed by atoms with Crippen molar-refractivity contribution in [3.05, 3.63) is 95.1 Å². The third-order valence-corrected chi connectivity index (χ3v) is 5.32. The fourth-order valence-corrected chi connectivity index (χ4v) is 3.80. The van der Waals surface area contributed by atoms with Gasteiger partial charge in [-0.25, -0.2) is 0 Å². The van der Waals surface area contributed by atoms with Gasteiger partial charge < -0.3 is 10.1 Å². The predicted molar refractivity (Wildman–Crippen MR) is 121 cm³/mol. The molecule has 1 N–H and O–H groups in total. The Labute approximate surface area is 178 Å². The van der Waals surface area contributed by atoms with Gasteiger partial charge in [-0.15, -0.1) is 0 Å². The van der Waals surface area contributed by atoms with Crippen LogP contribution in [0.2, 0.25) is 0 Å². The van der Waals surface area contributed by atoms with Gasteiger partial charge in [0.25, 0.3) is 5.91 Å². The van der Waals surface area contributed by atoms with Crippen molar-refractivity contribution in [2.75, 3.05) is 11.9 Å². The van der Waals surface area contributed by atoms with Crippen LogP contribution in [0.3, 0.4) is 0 Å². The predicted octanol–water partition coefficient (Wildman–Crippen LogP) is 5.28. The minimum atomic E-state index is -0.106. The number of ether oxygens (including phenoxy) is 1. The lowest BCUT2D eigenvalue weighted by Gasteiger charge is -2.28. The summed E-state index contributed by atoms with van der Waals surface area (Å²) in [6.07, 6.45) is 1.22. The smallest absolute Gasteiger partial charge is 0.255 e. The van der Waals surface area contributed by atoms with Crippen molar-refractivity contribution in [1.29, 1.82) is 0 Å². The maximum atomic E-state index is 12.6. The van der Waals surface area contributed by atoms with Crippen molar-refractivity contribution in [2.45, 2.75) is 39.5 Å². The minimum Gasteiger partial charge on any atom is -0.491 e. The van der Waals surface area contributed by atoms with Crippen LogP contribution < -0.4 is 10.1 Å². The van der Waals surface area contributed by atoms with Gasteiger partial charge >= 0.3 is 0 Å². The van der Waals surface area contributed by atoms with Crippen molar-refractivity contribution in [3.8, 4) is 5.75 Å². The molecule has 4 rings (SSSR count). The van der Waals surface area contributed by atoms with Crippen LogP contribution in [0.5, 0.6) is 5.75 Å². The monoisotopic (exact) mass is 400 g/mol. The standard InChI is InChI=1S/C26H28N2O2/c1-19(2)30-25-13-11-24(12-14-25)27-26(29)22-9-7-20(8-10-22)17-28-16-15-21-5-3-4-6-23(21)18-28/h3-14,19H,15-18H2,1-2H3,(H,27,29). The summed E-state index contributed by atoms with van der Waals surface area (Å²) in [4.78, 5) is 15.0. The molecule has 0 aliphatic carbocycles. The molecule has 0 unspecified atom stereocenters. The summed E-state index contributed by atoms with van der Waals surface area (Å²) in [6.45, 7) is 6.92. The first-order chi connectivity index (χ1) is 14.6. The second kappa shape index (κ2) is 9.14. The quantitative estimate of drug-likeness (QED) is 0.612. The van der Waals surface area contributed by atoms with Gasteiger partial charge in [0.05, 0.1) is 6.10 Å². The number of hydrogen-bond donors (Lipinski definition) is 1. The maximum Gasteiger partial charge on any atom is 0.255 e. The topological polar surface area (TPSA) is 41.6 Å². The van der Waals surface area contributed by atoms with Gasteiger partial charge in [-0.05, 0) is 73.4 Å². The van der Waals surface area contributed by atoms with Gasteiger partial charge in [0.1, 0.15) is 5.75 Å². The lowest BCUT2D eigenvalue weighted by Crippen LogP contribution is -2.29. The lowest BCUT2D eigenvalue weighted by atomic mass is 9.99. The summed E-state index contributed by atoms with van der Waals surface area (Å²) >= 11 is 0. The van der Waals surface area contributed by atoms with E-state index >= 15 is 0 Å². The maximum absolute atomic E-state index is 12.6. The highest BCUT2D eigenvalue weighted by atomic mass is 16.5. The molecule has 3 aromatic rings. The Balaban J connectivity index is 1.33. The first kappa shape index (κ1) is 20.2. The average Bonchev–Trinajstić information content (AvgIpc) is 2.75. The van der Waals surface area contributed by atoms with E-state index in [2.05, 4.69) is 46.6 Å². The number of carbonyl (C=O) groups is 1. The van der Waals surface area contributed by atoms with Crippen molar-refractivity contribution in [1.82, 2.24) is 4.90 Å². The van der Waals surface area contributed by atoms with E-state index in [0.29, 0.717) is 5.56 Å². The molecule has 0 saturated carbocycles. The van der Waals surface area contributed by atoms with Gasteiger partial charge in [0, 0.05) is 30.9 Å². The molecule has 0 atom stereocenters. The van der Waals surface area contributed by atoms with Crippen LogP contribution in [0.4, 0.5) is 5.69 Å². The van der Waals surface area contributed by atoms with Crippen LogP contribution in [-0.4, -0.2) is 23.5 Å². The van der Waals surface area contributed by atoms with E-state index in [0.717, 1.165) is 37.5 Å². The van der Waals surface area contributed by atoms with Crippen molar-refractivity contribution in [3.63, 3.8) is 0 Å². The summed E-state index contributed by atoms with van der Waals surface area (Å²) in [5.74, 6) is 0.693. The SMILES string of the molecule is CC(C)Oc1ccc(NC(=O)c2ccc(CN3CCc4ccccc4C3)cc2)cc1. The Bertz CT molecular complexity index is 994. The third kappa shape index (κ3) is 5.08. The van der Waals surface area contributed by atoms with Crippen LogP contribution in [0.25, 0.3) is 0 Å². The number of nitrogens with zero attached hydrogens (tertiary/aromatic N) is 1. The zero-order chi connectivity index (χ0) is 20.9. The molecule has 4 nitrogen and oxygen atoms in total. The molecule has 1 aliphatic rings. The second-order valence-electron chi connectivity index (χ2n) is 8.07. The number of amides is 1. The molecule has 1 heterocycles. The number of nitrogens with one attached hydrogen (secondary N) is 1. The van der Waals surface area contributed by atoms with E-state index in [1.165, 1.54) is 16.7 Å². The van der Waals surface area contributed by atoms with Crippen molar-refractivity contribution in [2.24, 2.45) is 0 Å². The molecule has 0 saturated heterocycles. The molecule has 3 aromatic carbocycles. The number of rotatable bonds is 6. The Morgan fingerprint density at radius 1 is 0.967 bits per heavy atom. The zero-order valence-electron chi connectivity index (χ0n) is 17.6. The Hall–Kier alpha value is -3.11. The molecule has 154 valence electrons. The van der Waals surface area contributed by atoms with E-state index in [4.69, 9.17) is 4.74 Å². The number of anilines is 1. The van der Waals surface area contributed by atoms with Crippen LogP contribution in [-0.2, 0) is 19.5 Å². The molecule has 0 radical (unpaired) electrons. The fourth-order valence-electron chi connectivity index (χ4n) is 3.80. The highest BCUT2D eigenvalue weighted by molar-refractivity contribution is 6.04. The van der Waals surface area contributed by atoms with Crippen LogP contribution in [0, 0.1) is 0 Å². The molecule has 0 spiro atoms. The third-order valence-electron chi connectivity index (χ3n) is 5.32. The van der Waals surface area contributed by atoms with Gasteiger partial charge in [0.2, 0.25) is 0 Å². The summed E-state index contributed by atoms with van der Waals surface area (Å²) in [7, 11) is 0. The van der Waals surface area contributed by atoms with E-state index in [1.807, 2.05) is 50.2 Å². The molecule has 4 heteroatoms. The van der Waals surface area contributed by atoms with Gasteiger partial charge in [-0.3, -0.25) is 9.69 Å². The van der Waals surface area contributed by atoms with E-state index in [1.54, 1.807) is 0 Å². The fraction of sp³-hybridized carbons (Fsp3) is 0.269. The molecule has 0 bridgehead atoms. The summed E-state index contributed by atoms with van der Waals surface area (Å²) in [6, 6.07) is 24.0. The first-order valence-corrected chi connectivity index (χ1v) is 10.5. The van der Waals surface area contributed by atoms with Crippen molar-refractivity contribution < 1.29 is 9.53 Å². The Morgan fingerprint density at radius 2 is 1.67 bits per heavy atom. The zero-order valence-corrected chi connectivity index (χ0v) is 17.6. The lowest BCUT2D eigenvalue weighted by molar-refractivity contribution is 0.102. The molecule has 1 amide bonds. The molecule has 0 fully saturated rings. The van der Waals surface area contributed by atoms with Crippen molar-refractivity contribution >= 4 is 11.6 Å². The number of carbonyl (C=O) groups excluding carboxylic acids is 1. The largest absolute Gasteiger partial charge is 0.491 e. The van der Waals surface area contributed by atoms with E-state index in [-0.39, 0.29) is 12.0 Å². The Kier molecular flexibility index (Phi) is 6.15. The minimum absolute atomic E-state index is 0.106. The molecule has 0 aromatic heterocycles. The van der Waals surface area contributed by atoms with Gasteiger partial charge in [0.15, 0.2) is 0 Å². The normalized spacial score (nSPS) is 13.7. The van der Waals surface area contributed by atoms with E-state index < -0.39 is 0 Å². The first-order valence-electron chi connectivity index (χ1n) is 10.5. The van der Waals surface area contributed by atoms with Gasteiger partial charge in [-0.2, -0.15) is 0 Å². The molecule has 30 heavy (non-hydrogen) atoms. The highest BCUT2D eigenvalue weighted by Gasteiger charge is 2.16. The van der Waals surface area contributed by atoms with Crippen LogP contribution >= 0.6 is 0 Å². The van der Waals surface area contributed by atoms with Gasteiger partial charge in [-0.1, -0.05) is 36.4 Å². The number of fused-ring (bicyclic) bond motifs is 1. The molecular formula is C26H28N2O2. The second-order valence-corrected chi connectivity index (χ2v) is 8.07. The number of hydrogen-bond acceptors (Lipinski definition) is 3. The van der Waals surface area contributed by atoms with Crippen LogP contribution in [0.15, 0.2) is 72.8 Å². The highest BCUT2D eigenvalue weighted by Crippen LogP contribution is 2.21. The summed E-state index contributed by atoms with van der Waals surface area (Å²) in [5, 5.41) is 2.95.